The average molecular weight is 310 g/mol. The SMILES string of the molecule is CCc1cn[nH]c1NS(=O)(=O)c1cc(N)ccc1C(=O)O. The normalized spacial score (nSPS) is 11.3. The van der Waals surface area contributed by atoms with Gasteiger partial charge in [-0.05, 0) is 24.6 Å². The third-order valence-electron chi connectivity index (χ3n) is 2.86. The molecule has 5 N–H and O–H groups in total. The van der Waals surface area contributed by atoms with Gasteiger partial charge in [-0.2, -0.15) is 5.10 Å². The maximum absolute atomic E-state index is 12.4. The van der Waals surface area contributed by atoms with Crippen LogP contribution in [0.1, 0.15) is 22.8 Å². The van der Waals surface area contributed by atoms with E-state index in [2.05, 4.69) is 14.9 Å². The summed E-state index contributed by atoms with van der Waals surface area (Å²) < 4.78 is 27.0. The maximum atomic E-state index is 12.4. The highest BCUT2D eigenvalue weighted by atomic mass is 32.2. The van der Waals surface area contributed by atoms with E-state index in [4.69, 9.17) is 10.8 Å². The summed E-state index contributed by atoms with van der Waals surface area (Å²) in [5.41, 5.74) is 6.02. The highest BCUT2D eigenvalue weighted by Gasteiger charge is 2.24. The van der Waals surface area contributed by atoms with Crippen molar-refractivity contribution >= 4 is 27.5 Å². The molecular weight excluding hydrogens is 296 g/mol. The number of nitrogen functional groups attached to an aromatic ring is 1. The van der Waals surface area contributed by atoms with Gasteiger partial charge in [0.15, 0.2) is 0 Å². The zero-order valence-corrected chi connectivity index (χ0v) is 11.9. The standard InChI is InChI=1S/C12H14N4O4S/c1-2-7-6-14-15-11(7)16-21(19,20)10-5-8(13)3-4-9(10)12(17)18/h3-6H,2,13H2,1H3,(H,17,18)(H2,14,15,16). The molecule has 0 amide bonds. The summed E-state index contributed by atoms with van der Waals surface area (Å²) in [7, 11) is -4.10. The minimum absolute atomic E-state index is 0.153. The lowest BCUT2D eigenvalue weighted by atomic mass is 10.2. The Morgan fingerprint density at radius 1 is 1.48 bits per heavy atom. The number of anilines is 2. The van der Waals surface area contributed by atoms with E-state index in [0.29, 0.717) is 12.0 Å². The number of H-pyrrole nitrogens is 1. The molecule has 0 unspecified atom stereocenters. The predicted molar refractivity (Wildman–Crippen MR) is 76.6 cm³/mol. The number of hydrogen-bond acceptors (Lipinski definition) is 5. The zero-order chi connectivity index (χ0) is 15.6. The van der Waals surface area contributed by atoms with E-state index in [-0.39, 0.29) is 17.1 Å². The molecule has 0 atom stereocenters. The van der Waals surface area contributed by atoms with Gasteiger partial charge in [-0.1, -0.05) is 6.92 Å². The highest BCUT2D eigenvalue weighted by Crippen LogP contribution is 2.23. The molecule has 0 saturated carbocycles. The van der Waals surface area contributed by atoms with Gasteiger partial charge in [0.25, 0.3) is 10.0 Å². The Bertz CT molecular complexity index is 782. The van der Waals surface area contributed by atoms with Crippen LogP contribution in [0.2, 0.25) is 0 Å². The first-order valence-electron chi connectivity index (χ1n) is 6.03. The number of nitrogens with one attached hydrogen (secondary N) is 2. The summed E-state index contributed by atoms with van der Waals surface area (Å²) in [4.78, 5) is 10.8. The van der Waals surface area contributed by atoms with Crippen LogP contribution in [-0.4, -0.2) is 29.7 Å². The van der Waals surface area contributed by atoms with Gasteiger partial charge in [-0.15, -0.1) is 0 Å². The van der Waals surface area contributed by atoms with Crippen LogP contribution in [0.25, 0.3) is 0 Å². The lowest BCUT2D eigenvalue weighted by Crippen LogP contribution is -2.18. The van der Waals surface area contributed by atoms with Crippen molar-refractivity contribution in [2.45, 2.75) is 18.2 Å². The molecule has 1 heterocycles. The largest absolute Gasteiger partial charge is 0.478 e. The lowest BCUT2D eigenvalue weighted by Gasteiger charge is -2.10. The monoisotopic (exact) mass is 310 g/mol. The van der Waals surface area contributed by atoms with Gasteiger partial charge in [0.05, 0.1) is 11.8 Å². The van der Waals surface area contributed by atoms with Gasteiger partial charge in [-0.25, -0.2) is 13.2 Å². The summed E-state index contributed by atoms with van der Waals surface area (Å²) in [6.45, 7) is 1.84. The molecule has 1 aromatic heterocycles. The van der Waals surface area contributed by atoms with Crippen molar-refractivity contribution in [1.29, 1.82) is 0 Å². The summed E-state index contributed by atoms with van der Waals surface area (Å²) >= 11 is 0. The first-order valence-corrected chi connectivity index (χ1v) is 7.51. The number of sulfonamides is 1. The summed E-state index contributed by atoms with van der Waals surface area (Å²) in [6.07, 6.45) is 2.06. The molecule has 8 nitrogen and oxygen atoms in total. The molecule has 0 saturated heterocycles. The molecule has 0 aliphatic rings. The second-order valence-electron chi connectivity index (χ2n) is 4.29. The third kappa shape index (κ3) is 2.97. The van der Waals surface area contributed by atoms with Gasteiger partial charge in [0, 0.05) is 11.3 Å². The number of aromatic amines is 1. The van der Waals surface area contributed by atoms with Crippen LogP contribution in [0.3, 0.4) is 0 Å². The van der Waals surface area contributed by atoms with Crippen molar-refractivity contribution < 1.29 is 18.3 Å². The molecule has 9 heteroatoms. The Kier molecular flexibility index (Phi) is 3.85. The molecular formula is C12H14N4O4S. The number of carboxylic acid groups (broad SMARTS) is 1. The molecule has 2 rings (SSSR count). The number of carboxylic acids is 1. The number of aromatic carboxylic acids is 1. The fourth-order valence-corrected chi connectivity index (χ4v) is 3.09. The van der Waals surface area contributed by atoms with Crippen molar-refractivity contribution in [1.82, 2.24) is 10.2 Å². The Balaban J connectivity index is 2.49. The topological polar surface area (TPSA) is 138 Å². The number of hydrogen-bond donors (Lipinski definition) is 4. The molecule has 112 valence electrons. The summed E-state index contributed by atoms with van der Waals surface area (Å²) in [5.74, 6) is -1.15. The molecule has 0 aliphatic carbocycles. The first-order chi connectivity index (χ1) is 9.85. The van der Waals surface area contributed by atoms with E-state index < -0.39 is 20.9 Å². The smallest absolute Gasteiger partial charge is 0.337 e. The summed E-state index contributed by atoms with van der Waals surface area (Å²) in [5, 5.41) is 15.4. The number of nitrogens with zero attached hydrogens (tertiary/aromatic N) is 1. The second-order valence-corrected chi connectivity index (χ2v) is 5.94. The fraction of sp³-hybridized carbons (Fsp3) is 0.167. The van der Waals surface area contributed by atoms with Crippen LogP contribution in [0.5, 0.6) is 0 Å². The van der Waals surface area contributed by atoms with Crippen LogP contribution >= 0.6 is 0 Å². The van der Waals surface area contributed by atoms with Gasteiger partial charge in [-0.3, -0.25) is 9.82 Å². The number of benzene rings is 1. The Morgan fingerprint density at radius 3 is 2.81 bits per heavy atom. The van der Waals surface area contributed by atoms with E-state index in [1.54, 1.807) is 0 Å². The third-order valence-corrected chi connectivity index (χ3v) is 4.25. The second kappa shape index (κ2) is 5.44. The minimum Gasteiger partial charge on any atom is -0.478 e. The average Bonchev–Trinajstić information content (AvgIpc) is 2.84. The molecule has 0 bridgehead atoms. The van der Waals surface area contributed by atoms with Crippen LogP contribution in [0.4, 0.5) is 11.5 Å². The van der Waals surface area contributed by atoms with Crippen molar-refractivity contribution in [2.24, 2.45) is 0 Å². The van der Waals surface area contributed by atoms with Crippen LogP contribution in [-0.2, 0) is 16.4 Å². The lowest BCUT2D eigenvalue weighted by molar-refractivity contribution is 0.0692. The Morgan fingerprint density at radius 2 is 2.19 bits per heavy atom. The van der Waals surface area contributed by atoms with Gasteiger partial charge in [0.1, 0.15) is 10.7 Å². The molecule has 0 spiro atoms. The minimum atomic E-state index is -4.10. The molecule has 0 aliphatic heterocycles. The van der Waals surface area contributed by atoms with Crippen molar-refractivity contribution in [2.75, 3.05) is 10.5 Å². The fourth-order valence-electron chi connectivity index (χ4n) is 1.79. The maximum Gasteiger partial charge on any atom is 0.337 e. The quantitative estimate of drug-likeness (QED) is 0.609. The van der Waals surface area contributed by atoms with Crippen LogP contribution in [0.15, 0.2) is 29.3 Å². The Hall–Kier alpha value is -2.55. The van der Waals surface area contributed by atoms with Gasteiger partial charge >= 0.3 is 5.97 Å². The van der Waals surface area contributed by atoms with E-state index in [0.717, 1.165) is 12.1 Å². The van der Waals surface area contributed by atoms with Gasteiger partial charge in [0.2, 0.25) is 0 Å². The van der Waals surface area contributed by atoms with Crippen molar-refractivity contribution in [3.05, 3.63) is 35.5 Å². The molecule has 21 heavy (non-hydrogen) atoms. The zero-order valence-electron chi connectivity index (χ0n) is 11.1. The number of aryl methyl sites for hydroxylation is 1. The highest BCUT2D eigenvalue weighted by molar-refractivity contribution is 7.92. The molecule has 1 aromatic carbocycles. The number of carbonyl (C=O) groups is 1. The van der Waals surface area contributed by atoms with Crippen LogP contribution < -0.4 is 10.5 Å². The van der Waals surface area contributed by atoms with Gasteiger partial charge < -0.3 is 10.8 Å². The number of aromatic nitrogens is 2. The van der Waals surface area contributed by atoms with E-state index in [9.17, 15) is 13.2 Å². The molecule has 2 aromatic rings. The van der Waals surface area contributed by atoms with Crippen molar-refractivity contribution in [3.8, 4) is 0 Å². The van der Waals surface area contributed by atoms with E-state index >= 15 is 0 Å². The number of rotatable bonds is 5. The molecule has 0 fully saturated rings. The van der Waals surface area contributed by atoms with Crippen molar-refractivity contribution in [3.63, 3.8) is 0 Å². The van der Waals surface area contributed by atoms with E-state index in [1.807, 2.05) is 6.92 Å². The Labute approximate surface area is 121 Å². The summed E-state index contributed by atoms with van der Waals surface area (Å²) in [6, 6.07) is 3.59. The first kappa shape index (κ1) is 14.9. The van der Waals surface area contributed by atoms with Crippen LogP contribution in [0, 0.1) is 0 Å². The molecule has 0 radical (unpaired) electrons. The predicted octanol–water partition coefficient (Wildman–Crippen LogP) is 1.05. The number of nitrogens with two attached hydrogens (primary N) is 1. The van der Waals surface area contributed by atoms with E-state index in [1.165, 1.54) is 12.3 Å².